The van der Waals surface area contributed by atoms with Crippen LogP contribution in [0.15, 0.2) is 0 Å². The molecule has 0 unspecified atom stereocenters. The van der Waals surface area contributed by atoms with Crippen molar-refractivity contribution in [2.45, 2.75) is 38.5 Å². The van der Waals surface area contributed by atoms with Gasteiger partial charge in [0, 0.05) is 5.38 Å². The lowest BCUT2D eigenvalue weighted by Gasteiger charge is -2.29. The molecule has 0 aromatic heterocycles. The predicted molar refractivity (Wildman–Crippen MR) is 54.8 cm³/mol. The number of alkyl halides is 1. The second-order valence-corrected chi connectivity index (χ2v) is 4.82. The molecule has 1 heterocycles. The van der Waals surface area contributed by atoms with Gasteiger partial charge < -0.3 is 4.90 Å². The SMILES string of the molecule is CC(C)CCN1CCC(Cl)CC1. The van der Waals surface area contributed by atoms with E-state index in [0.717, 1.165) is 5.92 Å². The molecular weight excluding hydrogens is 170 g/mol. The van der Waals surface area contributed by atoms with E-state index in [1.54, 1.807) is 0 Å². The van der Waals surface area contributed by atoms with Gasteiger partial charge >= 0.3 is 0 Å². The summed E-state index contributed by atoms with van der Waals surface area (Å²) in [5, 5.41) is 0.445. The zero-order valence-electron chi connectivity index (χ0n) is 8.22. The Kier molecular flexibility index (Phi) is 4.38. The molecule has 0 radical (unpaired) electrons. The second-order valence-electron chi connectivity index (χ2n) is 4.20. The minimum atomic E-state index is 0.445. The Morgan fingerprint density at radius 1 is 1.33 bits per heavy atom. The van der Waals surface area contributed by atoms with Crippen molar-refractivity contribution in [1.29, 1.82) is 0 Å². The van der Waals surface area contributed by atoms with Crippen LogP contribution in [0.1, 0.15) is 33.1 Å². The van der Waals surface area contributed by atoms with E-state index in [4.69, 9.17) is 11.6 Å². The molecule has 1 aliphatic heterocycles. The molecule has 0 aromatic carbocycles. The van der Waals surface area contributed by atoms with Crippen molar-refractivity contribution in [2.75, 3.05) is 19.6 Å². The molecule has 12 heavy (non-hydrogen) atoms. The van der Waals surface area contributed by atoms with E-state index in [1.807, 2.05) is 0 Å². The molecule has 0 amide bonds. The average molecular weight is 190 g/mol. The van der Waals surface area contributed by atoms with Crippen molar-refractivity contribution < 1.29 is 0 Å². The van der Waals surface area contributed by atoms with Gasteiger partial charge in [0.25, 0.3) is 0 Å². The average Bonchev–Trinajstić information content (AvgIpc) is 2.03. The van der Waals surface area contributed by atoms with Gasteiger partial charge in [0.1, 0.15) is 0 Å². The van der Waals surface area contributed by atoms with Crippen molar-refractivity contribution in [1.82, 2.24) is 4.90 Å². The first-order valence-electron chi connectivity index (χ1n) is 5.05. The quantitative estimate of drug-likeness (QED) is 0.618. The van der Waals surface area contributed by atoms with Crippen LogP contribution in [-0.4, -0.2) is 29.9 Å². The van der Waals surface area contributed by atoms with E-state index in [9.17, 15) is 0 Å². The van der Waals surface area contributed by atoms with E-state index in [0.29, 0.717) is 5.38 Å². The van der Waals surface area contributed by atoms with Crippen molar-refractivity contribution in [2.24, 2.45) is 5.92 Å². The highest BCUT2D eigenvalue weighted by atomic mass is 35.5. The summed E-state index contributed by atoms with van der Waals surface area (Å²) in [5.41, 5.74) is 0. The third kappa shape index (κ3) is 3.77. The van der Waals surface area contributed by atoms with Gasteiger partial charge in [-0.15, -0.1) is 11.6 Å². The van der Waals surface area contributed by atoms with Crippen LogP contribution in [0.2, 0.25) is 0 Å². The molecular formula is C10H20ClN. The first-order chi connectivity index (χ1) is 5.68. The molecule has 2 heteroatoms. The van der Waals surface area contributed by atoms with Crippen LogP contribution < -0.4 is 0 Å². The Bertz CT molecular complexity index is 117. The molecule has 0 spiro atoms. The molecule has 0 aliphatic carbocycles. The van der Waals surface area contributed by atoms with Crippen LogP contribution in [-0.2, 0) is 0 Å². The standard InChI is InChI=1S/C10H20ClN/c1-9(2)3-6-12-7-4-10(11)5-8-12/h9-10H,3-8H2,1-2H3. The first-order valence-corrected chi connectivity index (χ1v) is 5.48. The summed E-state index contributed by atoms with van der Waals surface area (Å²) in [7, 11) is 0. The summed E-state index contributed by atoms with van der Waals surface area (Å²) in [6, 6.07) is 0. The van der Waals surface area contributed by atoms with Crippen LogP contribution in [0.25, 0.3) is 0 Å². The zero-order chi connectivity index (χ0) is 8.97. The van der Waals surface area contributed by atoms with Crippen LogP contribution in [0.3, 0.4) is 0 Å². The van der Waals surface area contributed by atoms with Crippen LogP contribution in [0.4, 0.5) is 0 Å². The molecule has 0 saturated carbocycles. The maximum absolute atomic E-state index is 6.02. The van der Waals surface area contributed by atoms with E-state index in [1.165, 1.54) is 38.9 Å². The molecule has 0 N–H and O–H groups in total. The van der Waals surface area contributed by atoms with Crippen molar-refractivity contribution in [3.63, 3.8) is 0 Å². The fourth-order valence-electron chi connectivity index (χ4n) is 1.57. The third-order valence-corrected chi connectivity index (χ3v) is 2.98. The highest BCUT2D eigenvalue weighted by Gasteiger charge is 2.16. The number of hydrogen-bond acceptors (Lipinski definition) is 1. The smallest absolute Gasteiger partial charge is 0.0360 e. The summed E-state index contributed by atoms with van der Waals surface area (Å²) < 4.78 is 0. The molecule has 1 fully saturated rings. The monoisotopic (exact) mass is 189 g/mol. The summed E-state index contributed by atoms with van der Waals surface area (Å²) in [6.07, 6.45) is 3.69. The highest BCUT2D eigenvalue weighted by molar-refractivity contribution is 6.20. The number of hydrogen-bond donors (Lipinski definition) is 0. The van der Waals surface area contributed by atoms with Crippen LogP contribution >= 0.6 is 11.6 Å². The number of rotatable bonds is 3. The van der Waals surface area contributed by atoms with E-state index in [2.05, 4.69) is 18.7 Å². The fraction of sp³-hybridized carbons (Fsp3) is 1.00. The van der Waals surface area contributed by atoms with E-state index in [-0.39, 0.29) is 0 Å². The zero-order valence-corrected chi connectivity index (χ0v) is 8.98. The van der Waals surface area contributed by atoms with Crippen molar-refractivity contribution in [3.05, 3.63) is 0 Å². The summed E-state index contributed by atoms with van der Waals surface area (Å²) >= 11 is 6.02. The molecule has 1 saturated heterocycles. The van der Waals surface area contributed by atoms with Gasteiger partial charge in [0.05, 0.1) is 0 Å². The second kappa shape index (κ2) is 5.08. The minimum absolute atomic E-state index is 0.445. The van der Waals surface area contributed by atoms with E-state index >= 15 is 0 Å². The van der Waals surface area contributed by atoms with Gasteiger partial charge in [-0.3, -0.25) is 0 Å². The van der Waals surface area contributed by atoms with Gasteiger partial charge in [-0.25, -0.2) is 0 Å². The minimum Gasteiger partial charge on any atom is -0.303 e. The molecule has 0 atom stereocenters. The van der Waals surface area contributed by atoms with Gasteiger partial charge in [-0.2, -0.15) is 0 Å². The Morgan fingerprint density at radius 2 is 1.92 bits per heavy atom. The Morgan fingerprint density at radius 3 is 2.42 bits per heavy atom. The van der Waals surface area contributed by atoms with Gasteiger partial charge in [-0.05, 0) is 44.8 Å². The van der Waals surface area contributed by atoms with Gasteiger partial charge in [0.15, 0.2) is 0 Å². The van der Waals surface area contributed by atoms with Gasteiger partial charge in [0.2, 0.25) is 0 Å². The summed E-state index contributed by atoms with van der Waals surface area (Å²) in [6.45, 7) is 8.26. The molecule has 72 valence electrons. The first kappa shape index (κ1) is 10.3. The number of likely N-dealkylation sites (tertiary alicyclic amines) is 1. The largest absolute Gasteiger partial charge is 0.303 e. The number of nitrogens with zero attached hydrogens (tertiary/aromatic N) is 1. The molecule has 1 nitrogen and oxygen atoms in total. The molecule has 1 rings (SSSR count). The number of piperidine rings is 1. The summed E-state index contributed by atoms with van der Waals surface area (Å²) in [4.78, 5) is 2.54. The lowest BCUT2D eigenvalue weighted by molar-refractivity contribution is 0.219. The summed E-state index contributed by atoms with van der Waals surface area (Å²) in [5.74, 6) is 0.832. The van der Waals surface area contributed by atoms with Crippen LogP contribution in [0, 0.1) is 5.92 Å². The maximum Gasteiger partial charge on any atom is 0.0360 e. The highest BCUT2D eigenvalue weighted by Crippen LogP contribution is 2.16. The number of halogens is 1. The lowest BCUT2D eigenvalue weighted by Crippen LogP contribution is -2.35. The van der Waals surface area contributed by atoms with E-state index < -0.39 is 0 Å². The fourth-order valence-corrected chi connectivity index (χ4v) is 1.76. The molecule has 1 aliphatic rings. The third-order valence-electron chi connectivity index (χ3n) is 2.54. The normalized spacial score (nSPS) is 22.0. The molecule has 0 bridgehead atoms. The van der Waals surface area contributed by atoms with Crippen molar-refractivity contribution in [3.8, 4) is 0 Å². The lowest BCUT2D eigenvalue weighted by atomic mass is 10.1. The topological polar surface area (TPSA) is 3.24 Å². The Hall–Kier alpha value is 0.250. The maximum atomic E-state index is 6.02. The Balaban J connectivity index is 2.09. The van der Waals surface area contributed by atoms with Gasteiger partial charge in [-0.1, -0.05) is 13.8 Å². The Labute approximate surface area is 81.1 Å². The van der Waals surface area contributed by atoms with Crippen molar-refractivity contribution >= 4 is 11.6 Å². The predicted octanol–water partition coefficient (Wildman–Crippen LogP) is 2.74. The molecule has 0 aromatic rings. The van der Waals surface area contributed by atoms with Crippen LogP contribution in [0.5, 0.6) is 0 Å².